The van der Waals surface area contributed by atoms with Crippen LogP contribution < -0.4 is 10.5 Å². The molecule has 8 nitrogen and oxygen atoms in total. The first-order valence-electron chi connectivity index (χ1n) is 11.9. The fraction of sp³-hybridized carbons (Fsp3) is 0.520. The molecule has 0 saturated heterocycles. The van der Waals surface area contributed by atoms with Gasteiger partial charge in [-0.25, -0.2) is 17.9 Å². The number of primary sulfonamides is 1. The lowest BCUT2D eigenvalue weighted by molar-refractivity contribution is 0.126. The average Bonchev–Trinajstić information content (AvgIpc) is 2.81. The predicted octanol–water partition coefficient (Wildman–Crippen LogP) is 2.89. The van der Waals surface area contributed by atoms with Crippen LogP contribution in [0.4, 0.5) is 4.39 Å². The number of phenols is 1. The van der Waals surface area contributed by atoms with Crippen molar-refractivity contribution in [2.75, 3.05) is 26.3 Å². The molecule has 196 valence electrons. The lowest BCUT2D eigenvalue weighted by Crippen LogP contribution is -2.22. The fourth-order valence-electron chi connectivity index (χ4n) is 3.67. The third-order valence-electron chi connectivity index (χ3n) is 5.65. The van der Waals surface area contributed by atoms with Gasteiger partial charge in [0.25, 0.3) is 0 Å². The number of hydrogen-bond acceptors (Lipinski definition) is 7. The van der Waals surface area contributed by atoms with E-state index >= 15 is 0 Å². The second-order valence-corrected chi connectivity index (χ2v) is 10.2. The van der Waals surface area contributed by atoms with Crippen LogP contribution in [0.5, 0.6) is 5.75 Å². The summed E-state index contributed by atoms with van der Waals surface area (Å²) in [5, 5.41) is 37.3. The second-order valence-electron chi connectivity index (χ2n) is 8.59. The SMILES string of the molecule is NS(=O)(=O)c1cc(F)cc(CCCCOCCCCCCNCC(O)c2ccc(O)c(CO)c2)c1. The molecule has 6 N–H and O–H groups in total. The van der Waals surface area contributed by atoms with E-state index in [2.05, 4.69) is 5.32 Å². The van der Waals surface area contributed by atoms with Crippen LogP contribution in [0.3, 0.4) is 0 Å². The molecular weight excluding hydrogens is 475 g/mol. The number of aliphatic hydroxyl groups is 2. The summed E-state index contributed by atoms with van der Waals surface area (Å²) in [6.07, 6.45) is 5.45. The summed E-state index contributed by atoms with van der Waals surface area (Å²) in [4.78, 5) is -0.205. The van der Waals surface area contributed by atoms with Crippen molar-refractivity contribution in [1.29, 1.82) is 0 Å². The molecule has 2 rings (SSSR count). The highest BCUT2D eigenvalue weighted by Gasteiger charge is 2.11. The maximum atomic E-state index is 13.6. The number of benzene rings is 2. The van der Waals surface area contributed by atoms with Gasteiger partial charge < -0.3 is 25.4 Å². The zero-order chi connectivity index (χ0) is 25.7. The summed E-state index contributed by atoms with van der Waals surface area (Å²) in [6, 6.07) is 8.39. The van der Waals surface area contributed by atoms with Crippen LogP contribution in [-0.4, -0.2) is 50.0 Å². The zero-order valence-electron chi connectivity index (χ0n) is 20.0. The Morgan fingerprint density at radius 1 is 1.00 bits per heavy atom. The number of rotatable bonds is 17. The standard InChI is InChI=1S/C25H37FN2O6S/c26-22-13-19(14-23(16-22)35(27,32)33)7-3-6-12-34-11-5-2-1-4-10-28-17-25(31)20-8-9-24(30)21(15-20)18-29/h8-9,13-16,25,28-31H,1-7,10-12,17-18H2,(H2,27,32,33). The van der Waals surface area contributed by atoms with Crippen LogP contribution in [-0.2, 0) is 27.8 Å². The lowest BCUT2D eigenvalue weighted by atomic mass is 10.1. The minimum absolute atomic E-state index is 0.0187. The van der Waals surface area contributed by atoms with Gasteiger partial charge in [0, 0.05) is 25.3 Å². The Morgan fingerprint density at radius 2 is 1.71 bits per heavy atom. The molecule has 0 aliphatic rings. The van der Waals surface area contributed by atoms with Crippen molar-refractivity contribution in [1.82, 2.24) is 5.32 Å². The molecule has 2 aromatic carbocycles. The first-order chi connectivity index (χ1) is 16.7. The Morgan fingerprint density at radius 3 is 2.43 bits per heavy atom. The van der Waals surface area contributed by atoms with E-state index in [0.29, 0.717) is 42.9 Å². The van der Waals surface area contributed by atoms with Gasteiger partial charge in [-0.1, -0.05) is 18.9 Å². The van der Waals surface area contributed by atoms with Crippen molar-refractivity contribution >= 4 is 10.0 Å². The van der Waals surface area contributed by atoms with Gasteiger partial charge in [-0.15, -0.1) is 0 Å². The molecule has 0 spiro atoms. The number of hydrogen-bond donors (Lipinski definition) is 5. The summed E-state index contributed by atoms with van der Waals surface area (Å²) >= 11 is 0. The van der Waals surface area contributed by atoms with Crippen molar-refractivity contribution in [3.05, 3.63) is 58.9 Å². The highest BCUT2D eigenvalue weighted by Crippen LogP contribution is 2.22. The number of ether oxygens (including phenoxy) is 1. The number of aryl methyl sites for hydroxylation is 1. The van der Waals surface area contributed by atoms with E-state index in [1.54, 1.807) is 12.1 Å². The second kappa shape index (κ2) is 15.1. The summed E-state index contributed by atoms with van der Waals surface area (Å²) < 4.78 is 42.0. The quantitative estimate of drug-likeness (QED) is 0.205. The number of unbranched alkanes of at least 4 members (excludes halogenated alkanes) is 4. The number of nitrogens with one attached hydrogen (secondary N) is 1. The molecule has 0 fully saturated rings. The molecule has 1 unspecified atom stereocenters. The number of aliphatic hydroxyl groups excluding tert-OH is 2. The Hall–Kier alpha value is -2.08. The number of sulfonamides is 1. The zero-order valence-corrected chi connectivity index (χ0v) is 20.8. The molecule has 0 aromatic heterocycles. The largest absolute Gasteiger partial charge is 0.508 e. The molecular formula is C25H37FN2O6S. The highest BCUT2D eigenvalue weighted by molar-refractivity contribution is 7.89. The van der Waals surface area contributed by atoms with Crippen molar-refractivity contribution in [2.45, 2.75) is 62.6 Å². The van der Waals surface area contributed by atoms with Crippen LogP contribution in [0.15, 0.2) is 41.3 Å². The van der Waals surface area contributed by atoms with Gasteiger partial charge in [0.1, 0.15) is 11.6 Å². The van der Waals surface area contributed by atoms with Gasteiger partial charge in [-0.05, 0) is 80.1 Å². The number of nitrogens with two attached hydrogens (primary N) is 1. The maximum Gasteiger partial charge on any atom is 0.238 e. The van der Waals surface area contributed by atoms with E-state index in [-0.39, 0.29) is 17.3 Å². The van der Waals surface area contributed by atoms with Crippen LogP contribution >= 0.6 is 0 Å². The average molecular weight is 513 g/mol. The minimum atomic E-state index is -3.92. The summed E-state index contributed by atoms with van der Waals surface area (Å²) in [7, 11) is -3.92. The Balaban J connectivity index is 1.46. The van der Waals surface area contributed by atoms with E-state index in [4.69, 9.17) is 9.88 Å². The third-order valence-corrected chi connectivity index (χ3v) is 6.55. The molecule has 0 bridgehead atoms. The monoisotopic (exact) mass is 512 g/mol. The molecule has 2 aromatic rings. The normalized spacial score (nSPS) is 12.7. The summed E-state index contributed by atoms with van der Waals surface area (Å²) in [6.45, 7) is 2.19. The number of aromatic hydroxyl groups is 1. The smallest absolute Gasteiger partial charge is 0.238 e. The van der Waals surface area contributed by atoms with E-state index in [1.807, 2.05) is 0 Å². The molecule has 0 amide bonds. The summed E-state index contributed by atoms with van der Waals surface area (Å²) in [5.41, 5.74) is 1.66. The topological polar surface area (TPSA) is 142 Å². The Labute approximate surface area is 207 Å². The van der Waals surface area contributed by atoms with E-state index < -0.39 is 21.9 Å². The van der Waals surface area contributed by atoms with Gasteiger partial charge in [-0.2, -0.15) is 0 Å². The molecule has 0 radical (unpaired) electrons. The van der Waals surface area contributed by atoms with E-state index in [9.17, 15) is 28.1 Å². The van der Waals surface area contributed by atoms with Gasteiger partial charge in [0.2, 0.25) is 10.0 Å². The van der Waals surface area contributed by atoms with Crippen molar-refractivity contribution < 1.29 is 32.9 Å². The number of halogens is 1. The maximum absolute atomic E-state index is 13.6. The van der Waals surface area contributed by atoms with Crippen LogP contribution in [0, 0.1) is 5.82 Å². The van der Waals surface area contributed by atoms with Crippen molar-refractivity contribution in [3.63, 3.8) is 0 Å². The third kappa shape index (κ3) is 11.0. The molecule has 0 saturated carbocycles. The van der Waals surface area contributed by atoms with E-state index in [1.165, 1.54) is 18.2 Å². The molecule has 0 aliphatic carbocycles. The molecule has 0 heterocycles. The van der Waals surface area contributed by atoms with Crippen molar-refractivity contribution in [2.24, 2.45) is 5.14 Å². The van der Waals surface area contributed by atoms with Crippen molar-refractivity contribution in [3.8, 4) is 5.75 Å². The fourth-order valence-corrected chi connectivity index (χ4v) is 4.26. The van der Waals surface area contributed by atoms with Gasteiger partial charge in [-0.3, -0.25) is 0 Å². The molecule has 35 heavy (non-hydrogen) atoms. The Kier molecular flexibility index (Phi) is 12.6. The van der Waals surface area contributed by atoms with Crippen LogP contribution in [0.2, 0.25) is 0 Å². The first kappa shape index (κ1) is 29.2. The molecule has 0 aliphatic heterocycles. The van der Waals surface area contributed by atoms with Crippen LogP contribution in [0.25, 0.3) is 0 Å². The van der Waals surface area contributed by atoms with Crippen LogP contribution in [0.1, 0.15) is 61.3 Å². The molecule has 1 atom stereocenters. The first-order valence-corrected chi connectivity index (χ1v) is 13.5. The minimum Gasteiger partial charge on any atom is -0.508 e. The van der Waals surface area contributed by atoms with Gasteiger partial charge in [0.15, 0.2) is 0 Å². The van der Waals surface area contributed by atoms with Gasteiger partial charge >= 0.3 is 0 Å². The van der Waals surface area contributed by atoms with Gasteiger partial charge in [0.05, 0.1) is 17.6 Å². The predicted molar refractivity (Wildman–Crippen MR) is 132 cm³/mol. The highest BCUT2D eigenvalue weighted by atomic mass is 32.2. The summed E-state index contributed by atoms with van der Waals surface area (Å²) in [5.74, 6) is -0.590. The lowest BCUT2D eigenvalue weighted by Gasteiger charge is -2.14. The van der Waals surface area contributed by atoms with E-state index in [0.717, 1.165) is 51.1 Å². The Bertz CT molecular complexity index is 1020. The molecule has 10 heteroatoms.